The number of halogens is 2. The zero-order valence-electron chi connectivity index (χ0n) is 9.24. The van der Waals surface area contributed by atoms with E-state index in [1.54, 1.807) is 6.08 Å². The molecule has 1 aromatic rings. The summed E-state index contributed by atoms with van der Waals surface area (Å²) in [6.45, 7) is -0.207. The van der Waals surface area contributed by atoms with E-state index in [4.69, 9.17) is 5.11 Å². The first-order valence-electron chi connectivity index (χ1n) is 4.94. The number of nitrogens with one attached hydrogen (secondary N) is 1. The Kier molecular flexibility index (Phi) is 4.77. The third-order valence-corrected chi connectivity index (χ3v) is 2.88. The van der Waals surface area contributed by atoms with Gasteiger partial charge in [-0.15, -0.1) is 11.3 Å². The fraction of sp³-hybridized carbons (Fsp3) is 0.364. The van der Waals surface area contributed by atoms with E-state index in [2.05, 4.69) is 0 Å². The molecule has 0 aliphatic heterocycles. The van der Waals surface area contributed by atoms with Gasteiger partial charge in [0.15, 0.2) is 0 Å². The molecule has 0 bridgehead atoms. The molecule has 1 heterocycles. The molecule has 0 aliphatic rings. The highest BCUT2D eigenvalue weighted by molar-refractivity contribution is 7.12. The van der Waals surface area contributed by atoms with E-state index in [0.29, 0.717) is 0 Å². The minimum Gasteiger partial charge on any atom is -0.390 e. The van der Waals surface area contributed by atoms with Crippen LogP contribution in [-0.4, -0.2) is 30.1 Å². The molecule has 0 unspecified atom stereocenters. The largest absolute Gasteiger partial charge is 0.390 e. The predicted molar refractivity (Wildman–Crippen MR) is 63.1 cm³/mol. The summed E-state index contributed by atoms with van der Waals surface area (Å²) < 4.78 is 25.2. The zero-order valence-corrected chi connectivity index (χ0v) is 10.1. The Morgan fingerprint density at radius 1 is 1.59 bits per heavy atom. The molecule has 17 heavy (non-hydrogen) atoms. The molecule has 1 aromatic heterocycles. The molecule has 6 heteroatoms. The van der Waals surface area contributed by atoms with Gasteiger partial charge in [-0.05, 0) is 25.1 Å². The van der Waals surface area contributed by atoms with Crippen LogP contribution in [0.3, 0.4) is 0 Å². The topological polar surface area (TPSA) is 49.3 Å². The van der Waals surface area contributed by atoms with E-state index < -0.39 is 25.0 Å². The van der Waals surface area contributed by atoms with E-state index in [9.17, 15) is 13.6 Å². The second kappa shape index (κ2) is 5.88. The van der Waals surface area contributed by atoms with Gasteiger partial charge >= 0.3 is 0 Å². The van der Waals surface area contributed by atoms with Gasteiger partial charge in [0.25, 0.3) is 5.92 Å². The molecule has 1 rings (SSSR count). The van der Waals surface area contributed by atoms with Crippen molar-refractivity contribution in [1.82, 2.24) is 5.32 Å². The number of carbonyl (C=O) groups excluding carboxylic acids is 1. The van der Waals surface area contributed by atoms with Crippen LogP contribution in [0.5, 0.6) is 0 Å². The summed E-state index contributed by atoms with van der Waals surface area (Å²) in [5, 5.41) is 10.3. The number of carbonyl (C=O) groups is 1. The highest BCUT2D eigenvalue weighted by Crippen LogP contribution is 2.16. The Bertz CT molecular complexity index is 415. The van der Waals surface area contributed by atoms with Crippen LogP contribution in [0.1, 0.15) is 9.75 Å². The Labute approximate surface area is 102 Å². The number of thiophene rings is 1. The Morgan fingerprint density at radius 2 is 2.29 bits per heavy atom. The van der Waals surface area contributed by atoms with Gasteiger partial charge in [-0.3, -0.25) is 4.79 Å². The minimum atomic E-state index is -3.27. The second-order valence-corrected chi connectivity index (χ2v) is 4.83. The summed E-state index contributed by atoms with van der Waals surface area (Å²) in [4.78, 5) is 13.2. The van der Waals surface area contributed by atoms with Crippen molar-refractivity contribution in [3.8, 4) is 0 Å². The third-order valence-electron chi connectivity index (χ3n) is 1.91. The molecule has 94 valence electrons. The summed E-state index contributed by atoms with van der Waals surface area (Å²) in [6.07, 6.45) is 2.75. The van der Waals surface area contributed by atoms with Gasteiger partial charge < -0.3 is 10.4 Å². The molecule has 0 atom stereocenters. The highest BCUT2D eigenvalue weighted by Gasteiger charge is 2.27. The van der Waals surface area contributed by atoms with Crippen molar-refractivity contribution in [1.29, 1.82) is 0 Å². The zero-order chi connectivity index (χ0) is 12.9. The summed E-state index contributed by atoms with van der Waals surface area (Å²) in [6, 6.07) is 3.74. The van der Waals surface area contributed by atoms with Gasteiger partial charge in [0.05, 0.1) is 6.54 Å². The van der Waals surface area contributed by atoms with Gasteiger partial charge in [0.1, 0.15) is 6.61 Å². The number of aryl methyl sites for hydroxylation is 1. The molecule has 0 aromatic carbocycles. The molecule has 2 N–H and O–H groups in total. The number of hydrogen-bond donors (Lipinski definition) is 2. The highest BCUT2D eigenvalue weighted by atomic mass is 32.1. The maximum atomic E-state index is 12.6. The lowest BCUT2D eigenvalue weighted by Gasteiger charge is -2.12. The first-order valence-corrected chi connectivity index (χ1v) is 5.76. The number of aliphatic hydroxyl groups excluding tert-OH is 1. The first-order chi connectivity index (χ1) is 7.93. The van der Waals surface area contributed by atoms with Gasteiger partial charge in [0.2, 0.25) is 5.91 Å². The smallest absolute Gasteiger partial charge is 0.287 e. The van der Waals surface area contributed by atoms with Crippen LogP contribution in [0.2, 0.25) is 0 Å². The summed E-state index contributed by atoms with van der Waals surface area (Å²) in [5.41, 5.74) is 0. The number of alkyl halides is 2. The van der Waals surface area contributed by atoms with Crippen molar-refractivity contribution in [2.45, 2.75) is 12.8 Å². The summed E-state index contributed by atoms with van der Waals surface area (Å²) in [5.74, 6) is -3.88. The third kappa shape index (κ3) is 5.06. The van der Waals surface area contributed by atoms with Crippen LogP contribution in [-0.2, 0) is 4.79 Å². The standard InChI is InChI=1S/C11H13F2NO2S/c1-8-2-3-9(17-8)4-5-10(16)14-6-11(12,13)7-15/h2-5,15H,6-7H2,1H3,(H,14,16)/b5-4+. The van der Waals surface area contributed by atoms with Gasteiger partial charge in [-0.2, -0.15) is 0 Å². The molecule has 3 nitrogen and oxygen atoms in total. The van der Waals surface area contributed by atoms with Crippen LogP contribution < -0.4 is 5.32 Å². The van der Waals surface area contributed by atoms with E-state index >= 15 is 0 Å². The van der Waals surface area contributed by atoms with Gasteiger partial charge in [0, 0.05) is 15.8 Å². The molecule has 0 aliphatic carbocycles. The SMILES string of the molecule is Cc1ccc(/C=C/C(=O)NCC(F)(F)CO)s1. The van der Waals surface area contributed by atoms with Crippen LogP contribution in [0.25, 0.3) is 6.08 Å². The lowest BCUT2D eigenvalue weighted by atomic mass is 10.3. The fourth-order valence-corrected chi connectivity index (χ4v) is 1.81. The Morgan fingerprint density at radius 3 is 2.82 bits per heavy atom. The van der Waals surface area contributed by atoms with Gasteiger partial charge in [-0.1, -0.05) is 0 Å². The van der Waals surface area contributed by atoms with Crippen molar-refractivity contribution in [3.05, 3.63) is 28.0 Å². The molecular formula is C11H13F2NO2S. The maximum Gasteiger partial charge on any atom is 0.287 e. The van der Waals surface area contributed by atoms with Gasteiger partial charge in [-0.25, -0.2) is 8.78 Å². The molecule has 0 saturated heterocycles. The van der Waals surface area contributed by atoms with E-state index in [-0.39, 0.29) is 0 Å². The normalized spacial score (nSPS) is 12.0. The van der Waals surface area contributed by atoms with E-state index in [1.165, 1.54) is 17.4 Å². The number of rotatable bonds is 5. The van der Waals surface area contributed by atoms with Crippen LogP contribution in [0.15, 0.2) is 18.2 Å². The van der Waals surface area contributed by atoms with Crippen molar-refractivity contribution in [2.75, 3.05) is 13.2 Å². The van der Waals surface area contributed by atoms with E-state index in [0.717, 1.165) is 9.75 Å². The molecule has 0 spiro atoms. The quantitative estimate of drug-likeness (QED) is 0.794. The van der Waals surface area contributed by atoms with Crippen LogP contribution in [0.4, 0.5) is 8.78 Å². The first kappa shape index (κ1) is 13.8. The monoisotopic (exact) mass is 261 g/mol. The number of aliphatic hydroxyl groups is 1. The number of amides is 1. The summed E-state index contributed by atoms with van der Waals surface area (Å²) in [7, 11) is 0. The van der Waals surface area contributed by atoms with Crippen molar-refractivity contribution >= 4 is 23.3 Å². The fourth-order valence-electron chi connectivity index (χ4n) is 1.03. The molecule has 0 fully saturated rings. The minimum absolute atomic E-state index is 0.607. The molecule has 1 amide bonds. The number of hydrogen-bond acceptors (Lipinski definition) is 3. The predicted octanol–water partition coefficient (Wildman–Crippen LogP) is 1.81. The molecule has 0 saturated carbocycles. The van der Waals surface area contributed by atoms with Crippen LogP contribution >= 0.6 is 11.3 Å². The molecular weight excluding hydrogens is 248 g/mol. The Balaban J connectivity index is 2.42. The van der Waals surface area contributed by atoms with Crippen molar-refractivity contribution in [3.63, 3.8) is 0 Å². The van der Waals surface area contributed by atoms with Crippen molar-refractivity contribution < 1.29 is 18.7 Å². The average Bonchev–Trinajstić information content (AvgIpc) is 2.70. The van der Waals surface area contributed by atoms with E-state index in [1.807, 2.05) is 24.4 Å². The summed E-state index contributed by atoms with van der Waals surface area (Å²) >= 11 is 1.50. The maximum absolute atomic E-state index is 12.6. The Hall–Kier alpha value is -1.27. The lowest BCUT2D eigenvalue weighted by Crippen LogP contribution is -2.38. The average molecular weight is 261 g/mol. The lowest BCUT2D eigenvalue weighted by molar-refractivity contribution is -0.119. The van der Waals surface area contributed by atoms with Crippen molar-refractivity contribution in [2.24, 2.45) is 0 Å². The second-order valence-electron chi connectivity index (χ2n) is 3.51. The molecule has 0 radical (unpaired) electrons. The van der Waals surface area contributed by atoms with Crippen LogP contribution in [0, 0.1) is 6.92 Å².